The summed E-state index contributed by atoms with van der Waals surface area (Å²) in [6.07, 6.45) is 4.41. The third kappa shape index (κ3) is 3.69. The molecule has 1 aliphatic heterocycles. The van der Waals surface area contributed by atoms with Crippen LogP contribution in [0.25, 0.3) is 0 Å². The van der Waals surface area contributed by atoms with Gasteiger partial charge in [0.1, 0.15) is 5.60 Å². The monoisotopic (exact) mass is 328 g/mol. The molecule has 0 fully saturated rings. The number of nitrogens with zero attached hydrogens (tertiary/aromatic N) is 3. The van der Waals surface area contributed by atoms with Crippen LogP contribution in [0, 0.1) is 0 Å². The summed E-state index contributed by atoms with van der Waals surface area (Å²) < 4.78 is 7.27. The first-order valence-electron chi connectivity index (χ1n) is 8.17. The molecule has 0 unspecified atom stereocenters. The lowest BCUT2D eigenvalue weighted by atomic mass is 10.1. The molecule has 0 atom stereocenters. The lowest BCUT2D eigenvalue weighted by Gasteiger charge is -2.24. The first-order chi connectivity index (χ1) is 11.3. The Bertz CT molecular complexity index is 746. The molecule has 6 nitrogen and oxygen atoms in total. The Kier molecular flexibility index (Phi) is 4.22. The van der Waals surface area contributed by atoms with Gasteiger partial charge >= 0.3 is 6.09 Å². The van der Waals surface area contributed by atoms with Crippen LogP contribution < -0.4 is 10.2 Å². The fraction of sp³-hybridized carbons (Fsp3) is 0.444. The van der Waals surface area contributed by atoms with Crippen molar-refractivity contribution >= 4 is 17.5 Å². The molecule has 0 radical (unpaired) electrons. The molecule has 24 heavy (non-hydrogen) atoms. The number of amides is 1. The maximum atomic E-state index is 12.3. The van der Waals surface area contributed by atoms with E-state index >= 15 is 0 Å². The molecule has 0 saturated heterocycles. The van der Waals surface area contributed by atoms with E-state index in [9.17, 15) is 4.79 Å². The van der Waals surface area contributed by atoms with Crippen molar-refractivity contribution in [2.75, 3.05) is 16.8 Å². The smallest absolute Gasteiger partial charge is 0.414 e. The predicted octanol–water partition coefficient (Wildman–Crippen LogP) is 3.33. The number of ether oxygens (including phenoxy) is 1. The van der Waals surface area contributed by atoms with Gasteiger partial charge in [-0.1, -0.05) is 0 Å². The number of rotatable bonds is 3. The van der Waals surface area contributed by atoms with Gasteiger partial charge in [-0.05, 0) is 51.0 Å². The van der Waals surface area contributed by atoms with Crippen LogP contribution in [0.5, 0.6) is 0 Å². The molecule has 1 amide bonds. The number of aryl methyl sites for hydroxylation is 1. The Morgan fingerprint density at radius 3 is 2.83 bits per heavy atom. The van der Waals surface area contributed by atoms with Crippen molar-refractivity contribution in [2.45, 2.75) is 39.3 Å². The number of fused-ring (bicyclic) bond motifs is 1. The molecular weight excluding hydrogens is 304 g/mol. The predicted molar refractivity (Wildman–Crippen MR) is 94.3 cm³/mol. The second-order valence-corrected chi connectivity index (χ2v) is 7.10. The molecule has 2 aromatic rings. The van der Waals surface area contributed by atoms with Crippen molar-refractivity contribution in [2.24, 2.45) is 7.05 Å². The van der Waals surface area contributed by atoms with Crippen LogP contribution in [0.2, 0.25) is 0 Å². The van der Waals surface area contributed by atoms with E-state index in [-0.39, 0.29) is 6.09 Å². The number of anilines is 2. The molecule has 1 aliphatic rings. The zero-order chi connectivity index (χ0) is 17.3. The highest BCUT2D eigenvalue weighted by Gasteiger charge is 2.28. The molecule has 0 saturated carbocycles. The lowest BCUT2D eigenvalue weighted by molar-refractivity contribution is 0.0584. The van der Waals surface area contributed by atoms with E-state index < -0.39 is 5.60 Å². The number of nitrogens with one attached hydrogen (secondary N) is 1. The molecule has 3 rings (SSSR count). The minimum absolute atomic E-state index is 0.280. The third-order valence-corrected chi connectivity index (χ3v) is 3.84. The number of carbonyl (C=O) groups excluding carboxylic acids is 1. The minimum atomic E-state index is -0.481. The van der Waals surface area contributed by atoms with Crippen molar-refractivity contribution in [1.29, 1.82) is 0 Å². The Labute approximate surface area is 142 Å². The summed E-state index contributed by atoms with van der Waals surface area (Å²) in [5.74, 6) is 0. The molecule has 128 valence electrons. The van der Waals surface area contributed by atoms with Crippen LogP contribution in [0.3, 0.4) is 0 Å². The van der Waals surface area contributed by atoms with Crippen LogP contribution in [-0.2, 0) is 24.8 Å². The molecule has 0 bridgehead atoms. The van der Waals surface area contributed by atoms with Gasteiger partial charge in [0.2, 0.25) is 0 Å². The summed E-state index contributed by atoms with van der Waals surface area (Å²) in [4.78, 5) is 14.0. The van der Waals surface area contributed by atoms with Crippen LogP contribution in [0.4, 0.5) is 16.2 Å². The highest BCUT2D eigenvalue weighted by molar-refractivity contribution is 5.91. The van der Waals surface area contributed by atoms with Gasteiger partial charge in [0.25, 0.3) is 0 Å². The topological polar surface area (TPSA) is 59.4 Å². The van der Waals surface area contributed by atoms with E-state index in [2.05, 4.69) is 16.5 Å². The van der Waals surface area contributed by atoms with E-state index in [1.54, 1.807) is 9.58 Å². The molecule has 1 N–H and O–H groups in total. The molecule has 2 heterocycles. The molecule has 0 spiro atoms. The first-order valence-corrected chi connectivity index (χ1v) is 8.17. The number of hydrogen-bond donors (Lipinski definition) is 1. The molecule has 1 aromatic heterocycles. The van der Waals surface area contributed by atoms with Crippen LogP contribution >= 0.6 is 0 Å². The van der Waals surface area contributed by atoms with Crippen molar-refractivity contribution in [3.05, 3.63) is 41.7 Å². The fourth-order valence-corrected chi connectivity index (χ4v) is 2.79. The van der Waals surface area contributed by atoms with Gasteiger partial charge in [-0.2, -0.15) is 5.10 Å². The highest BCUT2D eigenvalue weighted by atomic mass is 16.6. The summed E-state index contributed by atoms with van der Waals surface area (Å²) >= 11 is 0. The third-order valence-electron chi connectivity index (χ3n) is 3.84. The van der Waals surface area contributed by atoms with E-state index in [0.29, 0.717) is 6.54 Å². The normalized spacial score (nSPS) is 13.8. The lowest BCUT2D eigenvalue weighted by Crippen LogP contribution is -2.35. The van der Waals surface area contributed by atoms with Gasteiger partial charge in [-0.25, -0.2) is 4.79 Å². The maximum Gasteiger partial charge on any atom is 0.414 e. The Morgan fingerprint density at radius 1 is 1.38 bits per heavy atom. The van der Waals surface area contributed by atoms with Crippen molar-refractivity contribution in [3.8, 4) is 0 Å². The summed E-state index contributed by atoms with van der Waals surface area (Å²) in [6.45, 7) is 7.03. The SMILES string of the molecule is Cn1cc(CNc2ccc3c(c2)CCN3C(=O)OC(C)(C)C)cn1. The quantitative estimate of drug-likeness (QED) is 0.939. The van der Waals surface area contributed by atoms with Gasteiger partial charge in [-0.15, -0.1) is 0 Å². The van der Waals surface area contributed by atoms with E-state index in [0.717, 1.165) is 35.5 Å². The van der Waals surface area contributed by atoms with Crippen molar-refractivity contribution < 1.29 is 9.53 Å². The summed E-state index contributed by atoms with van der Waals surface area (Å²) in [5.41, 5.74) is 3.80. The second-order valence-electron chi connectivity index (χ2n) is 7.10. The minimum Gasteiger partial charge on any atom is -0.443 e. The first kappa shape index (κ1) is 16.4. The van der Waals surface area contributed by atoms with Crippen molar-refractivity contribution in [1.82, 2.24) is 9.78 Å². The zero-order valence-electron chi connectivity index (χ0n) is 14.7. The Balaban J connectivity index is 1.67. The van der Waals surface area contributed by atoms with Crippen LogP contribution in [0.15, 0.2) is 30.6 Å². The van der Waals surface area contributed by atoms with Gasteiger partial charge in [0, 0.05) is 37.6 Å². The number of benzene rings is 1. The van der Waals surface area contributed by atoms with Crippen LogP contribution in [-0.4, -0.2) is 28.0 Å². The van der Waals surface area contributed by atoms with E-state index in [1.165, 1.54) is 0 Å². The fourth-order valence-electron chi connectivity index (χ4n) is 2.79. The Morgan fingerprint density at radius 2 is 2.17 bits per heavy atom. The average Bonchev–Trinajstić information content (AvgIpc) is 3.08. The Hall–Kier alpha value is -2.50. The molecule has 0 aliphatic carbocycles. The molecule has 6 heteroatoms. The molecule has 1 aromatic carbocycles. The summed E-state index contributed by atoms with van der Waals surface area (Å²) in [5, 5.41) is 7.56. The van der Waals surface area contributed by atoms with Crippen LogP contribution in [0.1, 0.15) is 31.9 Å². The molecular formula is C18H24N4O2. The number of hydrogen-bond acceptors (Lipinski definition) is 4. The standard InChI is InChI=1S/C18H24N4O2/c1-18(2,3)24-17(23)22-8-7-14-9-15(5-6-16(14)22)19-10-13-11-20-21(4)12-13/h5-6,9,11-12,19H,7-8,10H2,1-4H3. The van der Waals surface area contributed by atoms with E-state index in [4.69, 9.17) is 4.74 Å². The highest BCUT2D eigenvalue weighted by Crippen LogP contribution is 2.31. The maximum absolute atomic E-state index is 12.3. The van der Waals surface area contributed by atoms with Gasteiger partial charge in [-0.3, -0.25) is 9.58 Å². The van der Waals surface area contributed by atoms with Gasteiger partial charge in [0.15, 0.2) is 0 Å². The average molecular weight is 328 g/mol. The van der Waals surface area contributed by atoms with Gasteiger partial charge < -0.3 is 10.1 Å². The second kappa shape index (κ2) is 6.19. The number of aromatic nitrogens is 2. The summed E-state index contributed by atoms with van der Waals surface area (Å²) in [6, 6.07) is 6.09. The van der Waals surface area contributed by atoms with Gasteiger partial charge in [0.05, 0.1) is 11.9 Å². The summed E-state index contributed by atoms with van der Waals surface area (Å²) in [7, 11) is 1.91. The van der Waals surface area contributed by atoms with E-state index in [1.807, 2.05) is 52.3 Å². The van der Waals surface area contributed by atoms with Crippen molar-refractivity contribution in [3.63, 3.8) is 0 Å². The largest absolute Gasteiger partial charge is 0.443 e. The number of carbonyl (C=O) groups is 1. The zero-order valence-corrected chi connectivity index (χ0v) is 14.7.